The summed E-state index contributed by atoms with van der Waals surface area (Å²) >= 11 is 12.7. The van der Waals surface area contributed by atoms with Crippen molar-refractivity contribution in [2.24, 2.45) is 5.92 Å². The summed E-state index contributed by atoms with van der Waals surface area (Å²) in [5.74, 6) is 0.687. The van der Waals surface area contributed by atoms with Crippen LogP contribution in [-0.2, 0) is 0 Å². The van der Waals surface area contributed by atoms with E-state index in [2.05, 4.69) is 29.6 Å². The Bertz CT molecular complexity index is 851. The van der Waals surface area contributed by atoms with Gasteiger partial charge in [0.15, 0.2) is 0 Å². The van der Waals surface area contributed by atoms with Gasteiger partial charge in [0.1, 0.15) is 6.07 Å². The molecule has 2 aromatic carbocycles. The zero-order chi connectivity index (χ0) is 16.0. The minimum absolute atomic E-state index is 0.0446. The average Bonchev–Trinajstić information content (AvgIpc) is 3.06. The zero-order valence-corrected chi connectivity index (χ0v) is 13.8. The fraction of sp³-hybridized carbons (Fsp3) is 0.211. The van der Waals surface area contributed by atoms with Crippen molar-refractivity contribution in [1.82, 2.24) is 0 Å². The smallest absolute Gasteiger partial charge is 0.101 e. The summed E-state index contributed by atoms with van der Waals surface area (Å²) in [6.45, 7) is 0. The number of nitrogens with zero attached hydrogens (tertiary/aromatic N) is 1. The Kier molecular flexibility index (Phi) is 3.56. The first kappa shape index (κ1) is 14.6. The van der Waals surface area contributed by atoms with Crippen LogP contribution >= 0.6 is 23.2 Å². The molecule has 0 saturated heterocycles. The molecular formula is C19H14Cl2N2. The molecule has 0 aromatic heterocycles. The van der Waals surface area contributed by atoms with E-state index in [1.165, 1.54) is 5.56 Å². The molecule has 0 bridgehead atoms. The van der Waals surface area contributed by atoms with E-state index in [1.54, 1.807) is 6.07 Å². The lowest BCUT2D eigenvalue weighted by Crippen LogP contribution is -2.29. The lowest BCUT2D eigenvalue weighted by molar-refractivity contribution is 0.425. The summed E-state index contributed by atoms with van der Waals surface area (Å²) in [5, 5.41) is 14.2. The van der Waals surface area contributed by atoms with Crippen molar-refractivity contribution in [2.75, 3.05) is 5.32 Å². The van der Waals surface area contributed by atoms with Gasteiger partial charge in [0, 0.05) is 5.92 Å². The maximum Gasteiger partial charge on any atom is 0.101 e. The highest BCUT2D eigenvalue weighted by Gasteiger charge is 2.39. The molecule has 0 radical (unpaired) electrons. The van der Waals surface area contributed by atoms with Crippen LogP contribution in [0.2, 0.25) is 10.0 Å². The van der Waals surface area contributed by atoms with Gasteiger partial charge in [0.25, 0.3) is 0 Å². The number of halogens is 2. The number of allylic oxidation sites excluding steroid dienone is 2. The topological polar surface area (TPSA) is 35.8 Å². The second-order valence-corrected chi connectivity index (χ2v) is 6.79. The van der Waals surface area contributed by atoms with E-state index in [9.17, 15) is 5.26 Å². The molecule has 0 fully saturated rings. The third-order valence-corrected chi connectivity index (χ3v) is 5.67. The molecule has 1 heterocycles. The fourth-order valence-corrected chi connectivity index (χ4v) is 4.21. The van der Waals surface area contributed by atoms with E-state index in [-0.39, 0.29) is 6.04 Å². The Morgan fingerprint density at radius 3 is 2.70 bits per heavy atom. The van der Waals surface area contributed by atoms with Gasteiger partial charge in [-0.05, 0) is 35.6 Å². The number of nitrogens with one attached hydrogen (secondary N) is 1. The minimum atomic E-state index is 0.0446. The molecule has 4 rings (SSSR count). The molecule has 114 valence electrons. The van der Waals surface area contributed by atoms with Gasteiger partial charge in [-0.1, -0.05) is 59.6 Å². The van der Waals surface area contributed by atoms with Crippen LogP contribution in [0, 0.1) is 17.2 Å². The molecular weight excluding hydrogens is 327 g/mol. The lowest BCUT2D eigenvalue weighted by atomic mass is 9.76. The van der Waals surface area contributed by atoms with Crippen LogP contribution in [0.4, 0.5) is 5.69 Å². The van der Waals surface area contributed by atoms with Crippen molar-refractivity contribution >= 4 is 28.9 Å². The summed E-state index contributed by atoms with van der Waals surface area (Å²) in [7, 11) is 0. The number of rotatable bonds is 1. The number of anilines is 1. The van der Waals surface area contributed by atoms with Gasteiger partial charge >= 0.3 is 0 Å². The third kappa shape index (κ3) is 2.24. The molecule has 1 aliphatic heterocycles. The quantitative estimate of drug-likeness (QED) is 0.676. The lowest BCUT2D eigenvalue weighted by Gasteiger charge is -2.38. The van der Waals surface area contributed by atoms with Gasteiger partial charge in [-0.2, -0.15) is 5.26 Å². The first-order valence-corrected chi connectivity index (χ1v) is 8.36. The molecule has 3 atom stereocenters. The van der Waals surface area contributed by atoms with E-state index in [4.69, 9.17) is 23.2 Å². The van der Waals surface area contributed by atoms with E-state index < -0.39 is 0 Å². The monoisotopic (exact) mass is 340 g/mol. The van der Waals surface area contributed by atoms with Crippen molar-refractivity contribution in [3.05, 3.63) is 75.3 Å². The molecule has 23 heavy (non-hydrogen) atoms. The number of hydrogen-bond donors (Lipinski definition) is 1. The van der Waals surface area contributed by atoms with Gasteiger partial charge in [-0.25, -0.2) is 0 Å². The van der Waals surface area contributed by atoms with E-state index in [0.717, 1.165) is 17.7 Å². The molecule has 2 nitrogen and oxygen atoms in total. The summed E-state index contributed by atoms with van der Waals surface area (Å²) in [6.07, 6.45) is 5.45. The molecule has 1 aliphatic carbocycles. The Morgan fingerprint density at radius 2 is 1.87 bits per heavy atom. The molecule has 0 amide bonds. The predicted molar refractivity (Wildman–Crippen MR) is 94.0 cm³/mol. The summed E-state index contributed by atoms with van der Waals surface area (Å²) in [6, 6.07) is 14.0. The number of fused-ring (bicyclic) bond motifs is 3. The number of para-hydroxylation sites is 1. The Balaban J connectivity index is 1.88. The second-order valence-electron chi connectivity index (χ2n) is 6.00. The molecule has 0 unspecified atom stereocenters. The van der Waals surface area contributed by atoms with Gasteiger partial charge in [-0.3, -0.25) is 0 Å². The second kappa shape index (κ2) is 5.60. The molecule has 2 aliphatic rings. The maximum atomic E-state index is 9.43. The Morgan fingerprint density at radius 1 is 1.09 bits per heavy atom. The van der Waals surface area contributed by atoms with Gasteiger partial charge in [-0.15, -0.1) is 0 Å². The zero-order valence-electron chi connectivity index (χ0n) is 12.3. The van der Waals surface area contributed by atoms with Crippen LogP contribution in [0.25, 0.3) is 0 Å². The van der Waals surface area contributed by atoms with Crippen molar-refractivity contribution < 1.29 is 0 Å². The van der Waals surface area contributed by atoms with Crippen molar-refractivity contribution in [3.63, 3.8) is 0 Å². The van der Waals surface area contributed by atoms with Gasteiger partial charge in [0.2, 0.25) is 0 Å². The molecule has 0 saturated carbocycles. The highest BCUT2D eigenvalue weighted by molar-refractivity contribution is 6.42. The molecule has 4 heteroatoms. The van der Waals surface area contributed by atoms with Crippen LogP contribution < -0.4 is 5.32 Å². The highest BCUT2D eigenvalue weighted by Crippen LogP contribution is 2.51. The summed E-state index contributed by atoms with van der Waals surface area (Å²) in [4.78, 5) is 0. The first-order valence-electron chi connectivity index (χ1n) is 7.61. The standard InChI is InChI=1S/C19H14Cl2N2/c20-16-9-3-8-15(17(16)21)19-14-7-2-5-12(14)13-6-1-4-11(10-22)18(13)23-19/h1-6,8-9,12,14,19,23H,7H2/t12-,14+,19+/m0/s1. The average molecular weight is 341 g/mol. The van der Waals surface area contributed by atoms with Gasteiger partial charge < -0.3 is 5.32 Å². The number of nitriles is 1. The number of benzene rings is 2. The summed E-state index contributed by atoms with van der Waals surface area (Å²) in [5.41, 5.74) is 3.78. The van der Waals surface area contributed by atoms with E-state index in [1.807, 2.05) is 24.3 Å². The minimum Gasteiger partial charge on any atom is -0.377 e. The number of hydrogen-bond acceptors (Lipinski definition) is 2. The van der Waals surface area contributed by atoms with Crippen LogP contribution in [0.1, 0.15) is 35.1 Å². The molecule has 1 N–H and O–H groups in total. The molecule has 2 aromatic rings. The summed E-state index contributed by atoms with van der Waals surface area (Å²) < 4.78 is 0. The Labute approximate surface area is 145 Å². The van der Waals surface area contributed by atoms with Gasteiger partial charge in [0.05, 0.1) is 27.3 Å². The van der Waals surface area contributed by atoms with Crippen molar-refractivity contribution in [1.29, 1.82) is 5.26 Å². The largest absolute Gasteiger partial charge is 0.377 e. The van der Waals surface area contributed by atoms with Crippen molar-refractivity contribution in [2.45, 2.75) is 18.4 Å². The SMILES string of the molecule is N#Cc1cccc2c1N[C@@H](c1cccc(Cl)c1Cl)[C@@H]1CC=C[C@@H]21. The third-order valence-electron chi connectivity index (χ3n) is 4.83. The predicted octanol–water partition coefficient (Wildman–Crippen LogP) is 5.69. The van der Waals surface area contributed by atoms with E-state index >= 15 is 0 Å². The first-order chi connectivity index (χ1) is 11.2. The van der Waals surface area contributed by atoms with Crippen molar-refractivity contribution in [3.8, 4) is 6.07 Å². The Hall–Kier alpha value is -1.95. The fourth-order valence-electron chi connectivity index (χ4n) is 3.78. The highest BCUT2D eigenvalue weighted by atomic mass is 35.5. The maximum absolute atomic E-state index is 9.43. The van der Waals surface area contributed by atoms with Crippen LogP contribution in [0.15, 0.2) is 48.6 Å². The van der Waals surface area contributed by atoms with Crippen LogP contribution in [0.5, 0.6) is 0 Å². The van der Waals surface area contributed by atoms with Crippen LogP contribution in [0.3, 0.4) is 0 Å². The normalized spacial score (nSPS) is 24.5. The van der Waals surface area contributed by atoms with E-state index in [0.29, 0.717) is 27.4 Å². The molecule has 0 spiro atoms. The van der Waals surface area contributed by atoms with Crippen LogP contribution in [-0.4, -0.2) is 0 Å².